The molecule has 0 rings (SSSR count). The molecular formula is C21H39N3O2. The molecule has 26 heavy (non-hydrogen) atoms. The van der Waals surface area contributed by atoms with Gasteiger partial charge in [-0.1, -0.05) is 33.1 Å². The maximum absolute atomic E-state index is 11.6. The van der Waals surface area contributed by atoms with Crippen LogP contribution in [0.2, 0.25) is 0 Å². The molecule has 0 aliphatic rings. The van der Waals surface area contributed by atoms with E-state index in [9.17, 15) is 4.79 Å². The second-order valence-electron chi connectivity index (χ2n) is 7.16. The van der Waals surface area contributed by atoms with E-state index in [2.05, 4.69) is 42.5 Å². The number of likely N-dealkylation sites (N-methyl/N-ethyl adjacent to an activating group) is 1. The Morgan fingerprint density at radius 1 is 1.19 bits per heavy atom. The first-order valence-corrected chi connectivity index (χ1v) is 9.09. The van der Waals surface area contributed by atoms with E-state index in [-0.39, 0.29) is 11.8 Å². The van der Waals surface area contributed by atoms with E-state index in [0.29, 0.717) is 5.41 Å². The fourth-order valence-electron chi connectivity index (χ4n) is 2.06. The fraction of sp³-hybridized carbons (Fsp3) is 0.619. The Balaban J connectivity index is 0. The summed E-state index contributed by atoms with van der Waals surface area (Å²) in [5.74, 6) is -0.250. The predicted octanol–water partition coefficient (Wildman–Crippen LogP) is 3.16. The van der Waals surface area contributed by atoms with Crippen LogP contribution in [0.15, 0.2) is 36.6 Å². The number of carbonyl (C=O) groups excluding carboxylic acids is 2. The molecule has 1 amide bonds. The van der Waals surface area contributed by atoms with Gasteiger partial charge in [-0.25, -0.2) is 0 Å². The molecule has 0 aromatic carbocycles. The largest absolute Gasteiger partial charge is 0.375 e. The molecule has 0 aromatic rings. The summed E-state index contributed by atoms with van der Waals surface area (Å²) < 4.78 is 0. The van der Waals surface area contributed by atoms with Crippen molar-refractivity contribution in [3.8, 4) is 0 Å². The van der Waals surface area contributed by atoms with Crippen molar-refractivity contribution in [2.45, 2.75) is 40.5 Å². The van der Waals surface area contributed by atoms with Crippen LogP contribution in [0.4, 0.5) is 0 Å². The number of hydrogen-bond acceptors (Lipinski definition) is 4. The van der Waals surface area contributed by atoms with Crippen molar-refractivity contribution in [1.29, 1.82) is 0 Å². The minimum Gasteiger partial charge on any atom is -0.375 e. The van der Waals surface area contributed by atoms with Gasteiger partial charge >= 0.3 is 0 Å². The SMILES string of the molecule is C=C(/C=C\C(=C)N(C)CCC(C)(C)CCNC)C(C)C(=O)NC.CC=O. The first-order valence-electron chi connectivity index (χ1n) is 9.09. The lowest BCUT2D eigenvalue weighted by atomic mass is 9.85. The van der Waals surface area contributed by atoms with Crippen LogP contribution in [-0.2, 0) is 9.59 Å². The van der Waals surface area contributed by atoms with E-state index in [4.69, 9.17) is 4.79 Å². The Bertz CT molecular complexity index is 482. The molecule has 0 aromatic heterocycles. The smallest absolute Gasteiger partial charge is 0.226 e. The minimum atomic E-state index is -0.227. The van der Waals surface area contributed by atoms with Gasteiger partial charge in [-0.15, -0.1) is 0 Å². The fourth-order valence-corrected chi connectivity index (χ4v) is 2.06. The second-order valence-corrected chi connectivity index (χ2v) is 7.16. The summed E-state index contributed by atoms with van der Waals surface area (Å²) in [5.41, 5.74) is 2.02. The Hall–Kier alpha value is -1.88. The van der Waals surface area contributed by atoms with E-state index in [1.54, 1.807) is 7.05 Å². The molecule has 150 valence electrons. The summed E-state index contributed by atoms with van der Waals surface area (Å²) in [6.07, 6.45) is 6.82. The highest BCUT2D eigenvalue weighted by Crippen LogP contribution is 2.25. The van der Waals surface area contributed by atoms with Crippen LogP contribution in [-0.4, -0.2) is 51.3 Å². The lowest BCUT2D eigenvalue weighted by molar-refractivity contribution is -0.122. The lowest BCUT2D eigenvalue weighted by Gasteiger charge is -2.28. The van der Waals surface area contributed by atoms with Crippen molar-refractivity contribution in [3.05, 3.63) is 36.6 Å². The summed E-state index contributed by atoms with van der Waals surface area (Å²) in [5, 5.41) is 5.84. The Labute approximate surface area is 160 Å². The number of rotatable bonds is 11. The first kappa shape index (κ1) is 26.4. The minimum absolute atomic E-state index is 0.0232. The molecule has 0 saturated carbocycles. The molecule has 5 nitrogen and oxygen atoms in total. The zero-order chi connectivity index (χ0) is 20.8. The van der Waals surface area contributed by atoms with Crippen LogP contribution < -0.4 is 10.6 Å². The van der Waals surface area contributed by atoms with Gasteiger partial charge in [0.15, 0.2) is 0 Å². The predicted molar refractivity (Wildman–Crippen MR) is 112 cm³/mol. The molecule has 0 heterocycles. The van der Waals surface area contributed by atoms with Gasteiger partial charge in [0.25, 0.3) is 0 Å². The molecule has 1 unspecified atom stereocenters. The molecular weight excluding hydrogens is 326 g/mol. The van der Waals surface area contributed by atoms with Crippen LogP contribution in [0.3, 0.4) is 0 Å². The number of hydrogen-bond donors (Lipinski definition) is 2. The van der Waals surface area contributed by atoms with E-state index in [1.165, 1.54) is 6.92 Å². The maximum atomic E-state index is 11.6. The van der Waals surface area contributed by atoms with E-state index >= 15 is 0 Å². The second kappa shape index (κ2) is 14.3. The van der Waals surface area contributed by atoms with Crippen LogP contribution in [0.5, 0.6) is 0 Å². The van der Waals surface area contributed by atoms with Gasteiger partial charge in [0.2, 0.25) is 5.91 Å². The van der Waals surface area contributed by atoms with Gasteiger partial charge in [-0.05, 0) is 57.3 Å². The van der Waals surface area contributed by atoms with Crippen molar-refractivity contribution in [2.24, 2.45) is 11.3 Å². The van der Waals surface area contributed by atoms with Crippen LogP contribution in [0, 0.1) is 11.3 Å². The summed E-state index contributed by atoms with van der Waals surface area (Å²) >= 11 is 0. The van der Waals surface area contributed by atoms with Crippen molar-refractivity contribution >= 4 is 12.2 Å². The van der Waals surface area contributed by atoms with Crippen molar-refractivity contribution in [3.63, 3.8) is 0 Å². The molecule has 0 fully saturated rings. The average Bonchev–Trinajstić information content (AvgIpc) is 2.61. The number of amides is 1. The molecule has 0 spiro atoms. The summed E-state index contributed by atoms with van der Waals surface area (Å²) in [6.45, 7) is 17.9. The number of carbonyl (C=O) groups is 2. The third kappa shape index (κ3) is 12.5. The Morgan fingerprint density at radius 2 is 1.73 bits per heavy atom. The number of nitrogens with one attached hydrogen (secondary N) is 2. The van der Waals surface area contributed by atoms with Crippen LogP contribution in [0.25, 0.3) is 0 Å². The monoisotopic (exact) mass is 365 g/mol. The van der Waals surface area contributed by atoms with Gasteiger partial charge in [0, 0.05) is 26.3 Å². The summed E-state index contributed by atoms with van der Waals surface area (Å²) in [4.78, 5) is 22.5. The average molecular weight is 366 g/mol. The van der Waals surface area contributed by atoms with Gasteiger partial charge in [-0.3, -0.25) is 4.79 Å². The lowest BCUT2D eigenvalue weighted by Crippen LogP contribution is -2.26. The standard InChI is InChI=1S/C19H35N3O.C2H4O/c1-15(17(3)18(23)21-7)9-10-16(2)22(8)14-12-19(4,5)11-13-20-6;1-2-3/h9-10,17,20H,1-2,11-14H2,3-8H3,(H,21,23);2H,1H3/b10-9-;. The molecule has 0 bridgehead atoms. The van der Waals surface area contributed by atoms with E-state index < -0.39 is 0 Å². The van der Waals surface area contributed by atoms with Gasteiger partial charge in [0.05, 0.1) is 5.92 Å². The third-order valence-corrected chi connectivity index (χ3v) is 4.35. The number of aldehydes is 1. The highest BCUT2D eigenvalue weighted by Gasteiger charge is 2.18. The van der Waals surface area contributed by atoms with E-state index in [0.717, 1.165) is 43.5 Å². The summed E-state index contributed by atoms with van der Waals surface area (Å²) in [7, 11) is 5.67. The Kier molecular flexibility index (Phi) is 14.5. The van der Waals surface area contributed by atoms with Crippen molar-refractivity contribution < 1.29 is 9.59 Å². The maximum Gasteiger partial charge on any atom is 0.226 e. The molecule has 0 aliphatic carbocycles. The number of allylic oxidation sites excluding steroid dienone is 2. The molecule has 0 aliphatic heterocycles. The van der Waals surface area contributed by atoms with Gasteiger partial charge < -0.3 is 20.3 Å². The molecule has 2 N–H and O–H groups in total. The normalized spacial score (nSPS) is 12.0. The topological polar surface area (TPSA) is 61.4 Å². The zero-order valence-electron chi connectivity index (χ0n) is 17.8. The zero-order valence-corrected chi connectivity index (χ0v) is 17.8. The highest BCUT2D eigenvalue weighted by molar-refractivity contribution is 5.81. The van der Waals surface area contributed by atoms with Crippen LogP contribution in [0.1, 0.15) is 40.5 Å². The summed E-state index contributed by atoms with van der Waals surface area (Å²) in [6, 6.07) is 0. The first-order chi connectivity index (χ1) is 12.1. The van der Waals surface area contributed by atoms with Gasteiger partial charge in [0.1, 0.15) is 6.29 Å². The molecule has 5 heteroatoms. The third-order valence-electron chi connectivity index (χ3n) is 4.35. The van der Waals surface area contributed by atoms with Crippen LogP contribution >= 0.6 is 0 Å². The Morgan fingerprint density at radius 3 is 2.19 bits per heavy atom. The quantitative estimate of drug-likeness (QED) is 0.436. The van der Waals surface area contributed by atoms with E-state index in [1.807, 2.05) is 33.2 Å². The van der Waals surface area contributed by atoms with Crippen molar-refractivity contribution in [1.82, 2.24) is 15.5 Å². The number of nitrogens with zero attached hydrogens (tertiary/aromatic N) is 1. The highest BCUT2D eigenvalue weighted by atomic mass is 16.1. The molecule has 0 radical (unpaired) electrons. The molecule has 1 atom stereocenters. The molecule has 0 saturated heterocycles. The van der Waals surface area contributed by atoms with Gasteiger partial charge in [-0.2, -0.15) is 0 Å². The van der Waals surface area contributed by atoms with Crippen molar-refractivity contribution in [2.75, 3.05) is 34.2 Å².